The lowest BCUT2D eigenvalue weighted by Gasteiger charge is -2.12. The standard InChI is InChI=1S/C11H20N4O2S/c1-4-6-17-9(2)10(16)12-5-7-18-11-14-13-8-15(11)3/h8-9H,4-7H2,1-3H3,(H,12,16). The molecule has 0 spiro atoms. The molecule has 1 amide bonds. The third kappa shape index (κ3) is 5.05. The van der Waals surface area contributed by atoms with Gasteiger partial charge in [-0.25, -0.2) is 0 Å². The average Bonchev–Trinajstić information content (AvgIpc) is 2.77. The number of aromatic nitrogens is 3. The molecule has 1 atom stereocenters. The van der Waals surface area contributed by atoms with Crippen LogP contribution < -0.4 is 5.32 Å². The molecule has 1 unspecified atom stereocenters. The first kappa shape index (κ1) is 15.0. The van der Waals surface area contributed by atoms with Crippen LogP contribution in [0.3, 0.4) is 0 Å². The van der Waals surface area contributed by atoms with Crippen molar-refractivity contribution in [2.75, 3.05) is 18.9 Å². The number of hydrogen-bond acceptors (Lipinski definition) is 5. The minimum Gasteiger partial charge on any atom is -0.369 e. The smallest absolute Gasteiger partial charge is 0.248 e. The third-order valence-corrected chi connectivity index (χ3v) is 3.28. The first-order chi connectivity index (χ1) is 8.65. The fourth-order valence-electron chi connectivity index (χ4n) is 1.23. The zero-order valence-corrected chi connectivity index (χ0v) is 11.9. The van der Waals surface area contributed by atoms with E-state index in [0.29, 0.717) is 13.2 Å². The second kappa shape index (κ2) is 8.10. The van der Waals surface area contributed by atoms with Crippen molar-refractivity contribution in [1.82, 2.24) is 20.1 Å². The normalized spacial score (nSPS) is 12.4. The van der Waals surface area contributed by atoms with Gasteiger partial charge in [0.15, 0.2) is 5.16 Å². The average molecular weight is 272 g/mol. The van der Waals surface area contributed by atoms with Gasteiger partial charge in [0.05, 0.1) is 0 Å². The molecule has 0 aliphatic heterocycles. The molecule has 1 heterocycles. The van der Waals surface area contributed by atoms with Gasteiger partial charge in [0, 0.05) is 26.0 Å². The van der Waals surface area contributed by atoms with Crippen LogP contribution in [-0.2, 0) is 16.6 Å². The second-order valence-corrected chi connectivity index (χ2v) is 4.94. The number of aryl methyl sites for hydroxylation is 1. The van der Waals surface area contributed by atoms with Gasteiger partial charge in [-0.15, -0.1) is 10.2 Å². The van der Waals surface area contributed by atoms with E-state index in [2.05, 4.69) is 15.5 Å². The lowest BCUT2D eigenvalue weighted by atomic mass is 10.3. The van der Waals surface area contributed by atoms with Crippen LogP contribution >= 0.6 is 11.8 Å². The highest BCUT2D eigenvalue weighted by molar-refractivity contribution is 7.99. The lowest BCUT2D eigenvalue weighted by molar-refractivity contribution is -0.131. The van der Waals surface area contributed by atoms with Crippen LogP contribution in [-0.4, -0.2) is 45.7 Å². The molecule has 0 saturated heterocycles. The van der Waals surface area contributed by atoms with Crippen molar-refractivity contribution in [2.24, 2.45) is 7.05 Å². The maximum absolute atomic E-state index is 11.6. The van der Waals surface area contributed by atoms with E-state index < -0.39 is 0 Å². The third-order valence-electron chi connectivity index (χ3n) is 2.24. The molecule has 0 aliphatic carbocycles. The van der Waals surface area contributed by atoms with Crippen LogP contribution in [0.25, 0.3) is 0 Å². The molecule has 18 heavy (non-hydrogen) atoms. The van der Waals surface area contributed by atoms with E-state index in [-0.39, 0.29) is 12.0 Å². The van der Waals surface area contributed by atoms with Gasteiger partial charge in [-0.3, -0.25) is 4.79 Å². The predicted octanol–water partition coefficient (Wildman–Crippen LogP) is 0.838. The molecule has 0 aromatic carbocycles. The summed E-state index contributed by atoms with van der Waals surface area (Å²) in [6, 6.07) is 0. The van der Waals surface area contributed by atoms with Gasteiger partial charge in [0.25, 0.3) is 0 Å². The van der Waals surface area contributed by atoms with E-state index in [0.717, 1.165) is 17.3 Å². The van der Waals surface area contributed by atoms with Crippen LogP contribution in [0.2, 0.25) is 0 Å². The molecule has 6 nitrogen and oxygen atoms in total. The van der Waals surface area contributed by atoms with E-state index in [9.17, 15) is 4.79 Å². The summed E-state index contributed by atoms with van der Waals surface area (Å²) in [5, 5.41) is 11.4. The largest absolute Gasteiger partial charge is 0.369 e. The molecule has 0 radical (unpaired) electrons. The minimum atomic E-state index is -0.384. The summed E-state index contributed by atoms with van der Waals surface area (Å²) >= 11 is 1.56. The van der Waals surface area contributed by atoms with Crippen molar-refractivity contribution in [3.05, 3.63) is 6.33 Å². The quantitative estimate of drug-likeness (QED) is 0.561. The van der Waals surface area contributed by atoms with Crippen molar-refractivity contribution in [2.45, 2.75) is 31.5 Å². The van der Waals surface area contributed by atoms with Crippen molar-refractivity contribution in [3.8, 4) is 0 Å². The zero-order chi connectivity index (χ0) is 13.4. The van der Waals surface area contributed by atoms with Gasteiger partial charge in [-0.1, -0.05) is 18.7 Å². The summed E-state index contributed by atoms with van der Waals surface area (Å²) in [6.45, 7) is 4.99. The van der Waals surface area contributed by atoms with E-state index in [1.54, 1.807) is 25.0 Å². The molecule has 1 aromatic rings. The van der Waals surface area contributed by atoms with Crippen LogP contribution in [0.1, 0.15) is 20.3 Å². The Balaban J connectivity index is 2.14. The highest BCUT2D eigenvalue weighted by Crippen LogP contribution is 2.11. The molecule has 0 fully saturated rings. The Morgan fingerprint density at radius 1 is 1.67 bits per heavy atom. The van der Waals surface area contributed by atoms with Crippen molar-refractivity contribution in [1.29, 1.82) is 0 Å². The van der Waals surface area contributed by atoms with E-state index >= 15 is 0 Å². The number of thioether (sulfide) groups is 1. The Kier molecular flexibility index (Phi) is 6.74. The zero-order valence-electron chi connectivity index (χ0n) is 11.0. The number of nitrogens with zero attached hydrogens (tertiary/aromatic N) is 3. The number of amides is 1. The fraction of sp³-hybridized carbons (Fsp3) is 0.727. The van der Waals surface area contributed by atoms with Crippen molar-refractivity contribution < 1.29 is 9.53 Å². The summed E-state index contributed by atoms with van der Waals surface area (Å²) < 4.78 is 7.18. The Bertz CT molecular complexity index is 370. The Hall–Kier alpha value is -1.08. The van der Waals surface area contributed by atoms with Crippen LogP contribution in [0, 0.1) is 0 Å². The summed E-state index contributed by atoms with van der Waals surface area (Å²) in [7, 11) is 1.89. The van der Waals surface area contributed by atoms with Gasteiger partial charge in [-0.2, -0.15) is 0 Å². The number of ether oxygens (including phenoxy) is 1. The number of hydrogen-bond donors (Lipinski definition) is 1. The number of rotatable bonds is 8. The van der Waals surface area contributed by atoms with Gasteiger partial charge >= 0.3 is 0 Å². The number of nitrogens with one attached hydrogen (secondary N) is 1. The van der Waals surface area contributed by atoms with Gasteiger partial charge < -0.3 is 14.6 Å². The summed E-state index contributed by atoms with van der Waals surface area (Å²) in [5.41, 5.74) is 0. The van der Waals surface area contributed by atoms with Crippen LogP contribution in [0.4, 0.5) is 0 Å². The van der Waals surface area contributed by atoms with E-state index in [4.69, 9.17) is 4.74 Å². The van der Waals surface area contributed by atoms with Crippen molar-refractivity contribution in [3.63, 3.8) is 0 Å². The fourth-order valence-corrected chi connectivity index (χ4v) is 1.98. The SMILES string of the molecule is CCCOC(C)C(=O)NCCSc1nncn1C. The maximum atomic E-state index is 11.6. The highest BCUT2D eigenvalue weighted by atomic mass is 32.2. The lowest BCUT2D eigenvalue weighted by Crippen LogP contribution is -2.35. The Morgan fingerprint density at radius 2 is 2.44 bits per heavy atom. The summed E-state index contributed by atoms with van der Waals surface area (Å²) in [5.74, 6) is 0.695. The van der Waals surface area contributed by atoms with Crippen LogP contribution in [0.15, 0.2) is 11.5 Å². The molecular weight excluding hydrogens is 252 g/mol. The second-order valence-electron chi connectivity index (χ2n) is 3.88. The van der Waals surface area contributed by atoms with Gasteiger partial charge in [-0.05, 0) is 13.3 Å². The van der Waals surface area contributed by atoms with Crippen molar-refractivity contribution >= 4 is 17.7 Å². The molecule has 0 aliphatic rings. The molecule has 1 N–H and O–H groups in total. The number of carbonyl (C=O) groups excluding carboxylic acids is 1. The molecule has 1 aromatic heterocycles. The van der Waals surface area contributed by atoms with Gasteiger partial charge in [0.2, 0.25) is 5.91 Å². The molecule has 102 valence electrons. The minimum absolute atomic E-state index is 0.0676. The molecule has 0 saturated carbocycles. The topological polar surface area (TPSA) is 69.0 Å². The first-order valence-corrected chi connectivity index (χ1v) is 6.99. The van der Waals surface area contributed by atoms with Crippen LogP contribution in [0.5, 0.6) is 0 Å². The monoisotopic (exact) mass is 272 g/mol. The van der Waals surface area contributed by atoms with E-state index in [1.165, 1.54) is 0 Å². The van der Waals surface area contributed by atoms with E-state index in [1.807, 2.05) is 18.5 Å². The molecule has 7 heteroatoms. The predicted molar refractivity (Wildman–Crippen MR) is 70.4 cm³/mol. The summed E-state index contributed by atoms with van der Waals surface area (Å²) in [6.07, 6.45) is 2.19. The first-order valence-electron chi connectivity index (χ1n) is 6.01. The summed E-state index contributed by atoms with van der Waals surface area (Å²) in [4.78, 5) is 11.6. The highest BCUT2D eigenvalue weighted by Gasteiger charge is 2.11. The number of carbonyl (C=O) groups is 1. The van der Waals surface area contributed by atoms with Gasteiger partial charge in [0.1, 0.15) is 12.4 Å². The molecular formula is C11H20N4O2S. The maximum Gasteiger partial charge on any atom is 0.248 e. The molecule has 1 rings (SSSR count). The molecule has 0 bridgehead atoms. The Morgan fingerprint density at radius 3 is 3.06 bits per heavy atom. The Labute approximate surface area is 111 Å².